The number of thioether (sulfide) groups is 1. The highest BCUT2D eigenvalue weighted by molar-refractivity contribution is 8.02. The molecule has 6 rings (SSSR count). The van der Waals surface area contributed by atoms with Crippen LogP contribution in [-0.2, 0) is 20.8 Å². The average Bonchev–Trinajstić information content (AvgIpc) is 3.66. The van der Waals surface area contributed by atoms with Crippen LogP contribution in [0.2, 0.25) is 5.02 Å². The van der Waals surface area contributed by atoms with Crippen LogP contribution < -0.4 is 15.4 Å². The average molecular weight is 620 g/mol. The first kappa shape index (κ1) is 29.5. The lowest BCUT2D eigenvalue weighted by Crippen LogP contribution is -2.55. The van der Waals surface area contributed by atoms with Crippen molar-refractivity contribution in [2.24, 2.45) is 11.8 Å². The fourth-order valence-electron chi connectivity index (χ4n) is 6.99. The fraction of sp³-hybridized carbons (Fsp3) is 0.364. The van der Waals surface area contributed by atoms with Gasteiger partial charge in [-0.25, -0.2) is 0 Å². The minimum absolute atomic E-state index is 0.0914. The van der Waals surface area contributed by atoms with Crippen LogP contribution in [0.3, 0.4) is 0 Å². The van der Waals surface area contributed by atoms with Gasteiger partial charge in [-0.3, -0.25) is 14.4 Å². The molecule has 224 valence electrons. The second-order valence-corrected chi connectivity index (χ2v) is 13.3. The molecule has 3 aliphatic heterocycles. The Labute approximate surface area is 260 Å². The molecule has 0 aromatic heterocycles. The largest absolute Gasteiger partial charge is 0.494 e. The standard InChI is InChI=1S/C33H34ClN3O5S/c1-2-42-25-14-12-23(13-15-25)35-30(39)27-26-16-17-33(43-26)28(27)32(41)37(24(19-38)18-20-6-4-3-5-7-20)29(33)31(40)36-22-10-8-21(34)9-11-22/h3-15,24,26-29,38H,2,16-19H2,1H3,(H,35,39)(H,36,40)/t24-,26+,27-,28+,29?,33?/m1/s1. The maximum atomic E-state index is 14.5. The Morgan fingerprint density at radius 1 is 1.02 bits per heavy atom. The fourth-order valence-corrected chi connectivity index (χ4v) is 9.32. The van der Waals surface area contributed by atoms with Crippen molar-refractivity contribution in [3.63, 3.8) is 0 Å². The maximum absolute atomic E-state index is 14.5. The molecule has 0 saturated carbocycles. The number of nitrogens with one attached hydrogen (secondary N) is 2. The quantitative estimate of drug-likeness (QED) is 0.294. The van der Waals surface area contributed by atoms with Crippen molar-refractivity contribution < 1.29 is 24.2 Å². The van der Waals surface area contributed by atoms with Gasteiger partial charge in [-0.2, -0.15) is 0 Å². The minimum Gasteiger partial charge on any atom is -0.494 e. The summed E-state index contributed by atoms with van der Waals surface area (Å²) in [6, 6.07) is 22.1. The minimum atomic E-state index is -0.861. The zero-order valence-corrected chi connectivity index (χ0v) is 25.3. The molecule has 3 aliphatic rings. The molecule has 3 N–H and O–H groups in total. The lowest BCUT2D eigenvalue weighted by molar-refractivity contribution is -0.141. The van der Waals surface area contributed by atoms with Crippen molar-refractivity contribution in [2.45, 2.75) is 48.3 Å². The molecular formula is C33H34ClN3O5S. The molecule has 10 heteroatoms. The molecule has 2 unspecified atom stereocenters. The highest BCUT2D eigenvalue weighted by atomic mass is 35.5. The van der Waals surface area contributed by atoms with Gasteiger partial charge in [0.15, 0.2) is 0 Å². The second-order valence-electron chi connectivity index (χ2n) is 11.3. The summed E-state index contributed by atoms with van der Waals surface area (Å²) in [7, 11) is 0. The number of benzene rings is 3. The number of amides is 3. The summed E-state index contributed by atoms with van der Waals surface area (Å²) in [5.74, 6) is -1.41. The number of likely N-dealkylation sites (tertiary alicyclic amines) is 1. The molecule has 0 aliphatic carbocycles. The number of carbonyl (C=O) groups is 3. The van der Waals surface area contributed by atoms with Crippen LogP contribution in [0.25, 0.3) is 0 Å². The van der Waals surface area contributed by atoms with Gasteiger partial charge in [-0.1, -0.05) is 41.9 Å². The maximum Gasteiger partial charge on any atom is 0.248 e. The Kier molecular flexibility index (Phi) is 8.40. The summed E-state index contributed by atoms with van der Waals surface area (Å²) >= 11 is 7.65. The van der Waals surface area contributed by atoms with E-state index < -0.39 is 28.7 Å². The first-order valence-corrected chi connectivity index (χ1v) is 15.9. The van der Waals surface area contributed by atoms with Gasteiger partial charge in [-0.05, 0) is 80.3 Å². The van der Waals surface area contributed by atoms with Gasteiger partial charge in [0.25, 0.3) is 0 Å². The van der Waals surface area contributed by atoms with Gasteiger partial charge in [0, 0.05) is 21.6 Å². The number of fused-ring (bicyclic) bond motifs is 1. The van der Waals surface area contributed by atoms with E-state index >= 15 is 0 Å². The number of aliphatic hydroxyl groups is 1. The lowest BCUT2D eigenvalue weighted by Gasteiger charge is -2.37. The summed E-state index contributed by atoms with van der Waals surface area (Å²) in [5.41, 5.74) is 2.13. The van der Waals surface area contributed by atoms with Gasteiger partial charge < -0.3 is 25.4 Å². The molecule has 6 atom stereocenters. The normalized spacial score (nSPS) is 26.2. The van der Waals surface area contributed by atoms with Gasteiger partial charge in [0.1, 0.15) is 11.8 Å². The summed E-state index contributed by atoms with van der Waals surface area (Å²) in [5, 5.41) is 17.1. The molecule has 3 amide bonds. The smallest absolute Gasteiger partial charge is 0.248 e. The molecule has 0 radical (unpaired) electrons. The Balaban J connectivity index is 1.33. The molecule has 3 fully saturated rings. The van der Waals surface area contributed by atoms with Gasteiger partial charge >= 0.3 is 0 Å². The van der Waals surface area contributed by atoms with Gasteiger partial charge in [0.05, 0.1) is 35.8 Å². The van der Waals surface area contributed by atoms with E-state index in [9.17, 15) is 19.5 Å². The van der Waals surface area contributed by atoms with E-state index in [4.69, 9.17) is 16.3 Å². The molecule has 1 spiro atoms. The number of carbonyl (C=O) groups excluding carboxylic acids is 3. The number of ether oxygens (including phenoxy) is 1. The zero-order chi connectivity index (χ0) is 30.1. The summed E-state index contributed by atoms with van der Waals surface area (Å²) in [4.78, 5) is 44.1. The monoisotopic (exact) mass is 619 g/mol. The predicted octanol–water partition coefficient (Wildman–Crippen LogP) is 5.01. The predicted molar refractivity (Wildman–Crippen MR) is 168 cm³/mol. The van der Waals surface area contributed by atoms with E-state index in [-0.39, 0.29) is 29.6 Å². The van der Waals surface area contributed by atoms with Crippen molar-refractivity contribution in [1.82, 2.24) is 4.90 Å². The highest BCUT2D eigenvalue weighted by Crippen LogP contribution is 2.66. The zero-order valence-electron chi connectivity index (χ0n) is 23.7. The SMILES string of the molecule is CCOc1ccc(NC(=O)[C@@H]2[C@@H]3CCC4(S3)C(C(=O)Nc3ccc(Cl)cc3)N([C@@H](CO)Cc3ccccc3)C(=O)[C@H]24)cc1. The van der Waals surface area contributed by atoms with Crippen LogP contribution >= 0.6 is 23.4 Å². The number of aliphatic hydroxyl groups excluding tert-OH is 1. The molecule has 3 saturated heterocycles. The van der Waals surface area contributed by atoms with Crippen LogP contribution in [0.5, 0.6) is 5.75 Å². The van der Waals surface area contributed by atoms with Crippen LogP contribution in [0.15, 0.2) is 78.9 Å². The Morgan fingerprint density at radius 2 is 1.67 bits per heavy atom. The van der Waals surface area contributed by atoms with Crippen LogP contribution in [0.4, 0.5) is 11.4 Å². The first-order valence-electron chi connectivity index (χ1n) is 14.6. The van der Waals surface area contributed by atoms with E-state index in [2.05, 4.69) is 10.6 Å². The van der Waals surface area contributed by atoms with Crippen molar-refractivity contribution in [2.75, 3.05) is 23.8 Å². The molecular weight excluding hydrogens is 586 g/mol. The Morgan fingerprint density at radius 3 is 2.33 bits per heavy atom. The number of anilines is 2. The number of hydrogen-bond acceptors (Lipinski definition) is 6. The van der Waals surface area contributed by atoms with E-state index in [1.165, 1.54) is 0 Å². The number of halogens is 1. The molecule has 3 aromatic carbocycles. The Hall–Kier alpha value is -3.53. The van der Waals surface area contributed by atoms with E-state index in [0.29, 0.717) is 41.6 Å². The van der Waals surface area contributed by atoms with Gasteiger partial charge in [-0.15, -0.1) is 11.8 Å². The summed E-state index contributed by atoms with van der Waals surface area (Å²) < 4.78 is 4.73. The van der Waals surface area contributed by atoms with Crippen LogP contribution in [-0.4, -0.2) is 63.0 Å². The Bertz CT molecular complexity index is 1490. The molecule has 43 heavy (non-hydrogen) atoms. The molecule has 3 aromatic rings. The molecule has 3 heterocycles. The van der Waals surface area contributed by atoms with Crippen molar-refractivity contribution in [3.8, 4) is 5.75 Å². The van der Waals surface area contributed by atoms with E-state index in [1.54, 1.807) is 65.2 Å². The van der Waals surface area contributed by atoms with Crippen molar-refractivity contribution >= 4 is 52.5 Å². The van der Waals surface area contributed by atoms with E-state index in [1.807, 2.05) is 37.3 Å². The first-order chi connectivity index (χ1) is 20.8. The summed E-state index contributed by atoms with van der Waals surface area (Å²) in [6.45, 7) is 2.14. The number of hydrogen-bond donors (Lipinski definition) is 3. The third-order valence-corrected chi connectivity index (χ3v) is 11.0. The lowest BCUT2D eigenvalue weighted by atomic mass is 9.70. The molecule has 2 bridgehead atoms. The van der Waals surface area contributed by atoms with E-state index in [0.717, 1.165) is 12.0 Å². The highest BCUT2D eigenvalue weighted by Gasteiger charge is 2.74. The second kappa shape index (κ2) is 12.2. The van der Waals surface area contributed by atoms with Gasteiger partial charge in [0.2, 0.25) is 17.7 Å². The molecule has 8 nitrogen and oxygen atoms in total. The van der Waals surface area contributed by atoms with Crippen molar-refractivity contribution in [1.29, 1.82) is 0 Å². The third kappa shape index (κ3) is 5.50. The number of rotatable bonds is 10. The van der Waals surface area contributed by atoms with Crippen LogP contribution in [0, 0.1) is 11.8 Å². The number of nitrogens with zero attached hydrogens (tertiary/aromatic N) is 1. The topological polar surface area (TPSA) is 108 Å². The van der Waals surface area contributed by atoms with Crippen molar-refractivity contribution in [3.05, 3.63) is 89.4 Å². The summed E-state index contributed by atoms with van der Waals surface area (Å²) in [6.07, 6.45) is 1.73. The van der Waals surface area contributed by atoms with Crippen LogP contribution in [0.1, 0.15) is 25.3 Å². The third-order valence-electron chi connectivity index (χ3n) is 8.75.